The third-order valence-corrected chi connectivity index (χ3v) is 4.07. The molecule has 0 bridgehead atoms. The minimum absolute atomic E-state index is 0.0623. The molecule has 1 unspecified atom stereocenters. The summed E-state index contributed by atoms with van der Waals surface area (Å²) in [4.78, 5) is 14.8. The van der Waals surface area contributed by atoms with E-state index in [9.17, 15) is 4.79 Å². The van der Waals surface area contributed by atoms with Crippen molar-refractivity contribution < 1.29 is 9.53 Å². The quantitative estimate of drug-likeness (QED) is 0.886. The van der Waals surface area contributed by atoms with Gasteiger partial charge in [-0.25, -0.2) is 0 Å². The average molecular weight is 308 g/mol. The van der Waals surface area contributed by atoms with Crippen molar-refractivity contribution in [3.63, 3.8) is 0 Å². The van der Waals surface area contributed by atoms with Gasteiger partial charge in [0.05, 0.1) is 24.0 Å². The van der Waals surface area contributed by atoms with Crippen LogP contribution in [0.1, 0.15) is 35.6 Å². The lowest BCUT2D eigenvalue weighted by Gasteiger charge is -2.33. The number of rotatable bonds is 5. The van der Waals surface area contributed by atoms with Crippen LogP contribution in [0.5, 0.6) is 0 Å². The molecule has 1 aromatic rings. The predicted octanol–water partition coefficient (Wildman–Crippen LogP) is 1.12. The maximum Gasteiger partial charge on any atom is 0.255 e. The van der Waals surface area contributed by atoms with Gasteiger partial charge in [-0.15, -0.1) is 0 Å². The van der Waals surface area contributed by atoms with Crippen LogP contribution in [0.2, 0.25) is 0 Å². The smallest absolute Gasteiger partial charge is 0.255 e. The van der Waals surface area contributed by atoms with Gasteiger partial charge in [-0.1, -0.05) is 13.8 Å². The Balaban J connectivity index is 1.88. The number of ether oxygens (including phenoxy) is 1. The number of nitrogens with zero attached hydrogens (tertiary/aromatic N) is 3. The summed E-state index contributed by atoms with van der Waals surface area (Å²) in [6, 6.07) is 0. The fourth-order valence-corrected chi connectivity index (χ4v) is 2.98. The van der Waals surface area contributed by atoms with E-state index in [0.717, 1.165) is 37.6 Å². The lowest BCUT2D eigenvalue weighted by atomic mass is 10.1. The first-order valence-corrected chi connectivity index (χ1v) is 8.00. The summed E-state index contributed by atoms with van der Waals surface area (Å²) in [6.45, 7) is 12.4. The van der Waals surface area contributed by atoms with Gasteiger partial charge in [-0.2, -0.15) is 5.10 Å². The second-order valence-electron chi connectivity index (χ2n) is 6.53. The molecule has 1 N–H and O–H groups in total. The molecule has 1 atom stereocenters. The molecule has 22 heavy (non-hydrogen) atoms. The molecule has 0 aliphatic carbocycles. The number of carbonyl (C=O) groups excluding carboxylic acids is 1. The molecule has 1 aromatic heterocycles. The maximum absolute atomic E-state index is 12.4. The van der Waals surface area contributed by atoms with E-state index in [4.69, 9.17) is 4.74 Å². The molecule has 1 fully saturated rings. The van der Waals surface area contributed by atoms with Crippen LogP contribution in [0.15, 0.2) is 0 Å². The Bertz CT molecular complexity index is 524. The minimum atomic E-state index is -0.0623. The molecule has 1 amide bonds. The van der Waals surface area contributed by atoms with Gasteiger partial charge in [0.2, 0.25) is 0 Å². The molecule has 2 heterocycles. The van der Waals surface area contributed by atoms with Crippen LogP contribution >= 0.6 is 0 Å². The normalized spacial score (nSPS) is 19.6. The molecule has 0 saturated carbocycles. The molecule has 0 radical (unpaired) electrons. The Labute approximate surface area is 132 Å². The average Bonchev–Trinajstić information content (AvgIpc) is 2.69. The highest BCUT2D eigenvalue weighted by Crippen LogP contribution is 2.12. The number of aryl methyl sites for hydroxylation is 2. The largest absolute Gasteiger partial charge is 0.374 e. The minimum Gasteiger partial charge on any atom is -0.374 e. The summed E-state index contributed by atoms with van der Waals surface area (Å²) in [5.41, 5.74) is 2.34. The van der Waals surface area contributed by atoms with Crippen molar-refractivity contribution in [2.45, 2.75) is 33.8 Å². The summed E-state index contributed by atoms with van der Waals surface area (Å²) in [6.07, 6.45) is 0.0636. The fourth-order valence-electron chi connectivity index (χ4n) is 2.98. The number of hydrogen-bond acceptors (Lipinski definition) is 4. The number of carbonyl (C=O) groups is 1. The van der Waals surface area contributed by atoms with E-state index in [2.05, 4.69) is 29.2 Å². The Morgan fingerprint density at radius 3 is 2.77 bits per heavy atom. The molecule has 0 aromatic carbocycles. The predicted molar refractivity (Wildman–Crippen MR) is 86.0 cm³/mol. The Hall–Kier alpha value is -1.40. The molecule has 6 nitrogen and oxygen atoms in total. The van der Waals surface area contributed by atoms with E-state index in [1.165, 1.54) is 0 Å². The molecule has 6 heteroatoms. The van der Waals surface area contributed by atoms with E-state index in [1.807, 2.05) is 20.9 Å². The lowest BCUT2D eigenvalue weighted by molar-refractivity contribution is -0.0295. The number of hydrogen-bond donors (Lipinski definition) is 1. The van der Waals surface area contributed by atoms with Gasteiger partial charge in [0.15, 0.2) is 0 Å². The summed E-state index contributed by atoms with van der Waals surface area (Å²) >= 11 is 0. The highest BCUT2D eigenvalue weighted by atomic mass is 16.5. The zero-order valence-electron chi connectivity index (χ0n) is 14.3. The van der Waals surface area contributed by atoms with Gasteiger partial charge in [-0.05, 0) is 19.8 Å². The van der Waals surface area contributed by atoms with E-state index >= 15 is 0 Å². The summed E-state index contributed by atoms with van der Waals surface area (Å²) < 4.78 is 7.51. The number of morpholine rings is 1. The van der Waals surface area contributed by atoms with E-state index in [-0.39, 0.29) is 12.0 Å². The molecule has 1 saturated heterocycles. The van der Waals surface area contributed by atoms with Crippen molar-refractivity contribution >= 4 is 5.91 Å². The molecular weight excluding hydrogens is 280 g/mol. The molecule has 1 aliphatic heterocycles. The SMILES string of the molecule is Cc1nn(C)c(C)c1C(=O)NCC1CN(CC(C)C)CCO1. The number of aromatic nitrogens is 2. The van der Waals surface area contributed by atoms with E-state index in [0.29, 0.717) is 18.0 Å². The van der Waals surface area contributed by atoms with Gasteiger partial charge >= 0.3 is 0 Å². The first kappa shape index (κ1) is 17.0. The van der Waals surface area contributed by atoms with Crippen LogP contribution in [0, 0.1) is 19.8 Å². The van der Waals surface area contributed by atoms with Gasteiger partial charge in [0, 0.05) is 38.9 Å². The summed E-state index contributed by atoms with van der Waals surface area (Å²) in [7, 11) is 1.85. The summed E-state index contributed by atoms with van der Waals surface area (Å²) in [5.74, 6) is 0.585. The lowest BCUT2D eigenvalue weighted by Crippen LogP contribution is -2.48. The Morgan fingerprint density at radius 1 is 1.45 bits per heavy atom. The summed E-state index contributed by atoms with van der Waals surface area (Å²) in [5, 5.41) is 7.28. The molecule has 1 aliphatic rings. The first-order chi connectivity index (χ1) is 10.4. The van der Waals surface area contributed by atoms with Gasteiger partial charge in [-0.3, -0.25) is 14.4 Å². The standard InChI is InChI=1S/C16H28N4O2/c1-11(2)9-20-6-7-22-14(10-20)8-17-16(21)15-12(3)18-19(5)13(15)4/h11,14H,6-10H2,1-5H3,(H,17,21). The van der Waals surface area contributed by atoms with Crippen molar-refractivity contribution in [1.82, 2.24) is 20.0 Å². The van der Waals surface area contributed by atoms with Crippen molar-refractivity contribution in [1.29, 1.82) is 0 Å². The maximum atomic E-state index is 12.4. The van der Waals surface area contributed by atoms with Crippen molar-refractivity contribution in [2.75, 3.05) is 32.8 Å². The van der Waals surface area contributed by atoms with Crippen LogP contribution in [0.3, 0.4) is 0 Å². The highest BCUT2D eigenvalue weighted by Gasteiger charge is 2.23. The third-order valence-electron chi connectivity index (χ3n) is 4.07. The van der Waals surface area contributed by atoms with Crippen molar-refractivity contribution in [3.05, 3.63) is 17.0 Å². The highest BCUT2D eigenvalue weighted by molar-refractivity contribution is 5.96. The third kappa shape index (κ3) is 4.08. The molecule has 2 rings (SSSR count). The first-order valence-electron chi connectivity index (χ1n) is 8.00. The van der Waals surface area contributed by atoms with Crippen LogP contribution in [-0.2, 0) is 11.8 Å². The fraction of sp³-hybridized carbons (Fsp3) is 0.750. The topological polar surface area (TPSA) is 59.4 Å². The van der Waals surface area contributed by atoms with Gasteiger partial charge < -0.3 is 10.1 Å². The number of nitrogens with one attached hydrogen (secondary N) is 1. The van der Waals surface area contributed by atoms with Crippen LogP contribution in [0.25, 0.3) is 0 Å². The molecular formula is C16H28N4O2. The molecule has 124 valence electrons. The van der Waals surface area contributed by atoms with E-state index in [1.54, 1.807) is 4.68 Å². The van der Waals surface area contributed by atoms with Gasteiger partial charge in [0.25, 0.3) is 5.91 Å². The Kier molecular flexibility index (Phi) is 5.58. The zero-order valence-corrected chi connectivity index (χ0v) is 14.3. The second-order valence-corrected chi connectivity index (χ2v) is 6.53. The Morgan fingerprint density at radius 2 is 2.18 bits per heavy atom. The second kappa shape index (κ2) is 7.24. The van der Waals surface area contributed by atoms with Crippen molar-refractivity contribution in [3.8, 4) is 0 Å². The van der Waals surface area contributed by atoms with Gasteiger partial charge in [0.1, 0.15) is 0 Å². The van der Waals surface area contributed by atoms with Crippen LogP contribution in [0.4, 0.5) is 0 Å². The number of amides is 1. The molecule has 0 spiro atoms. The monoisotopic (exact) mass is 308 g/mol. The van der Waals surface area contributed by atoms with E-state index < -0.39 is 0 Å². The van der Waals surface area contributed by atoms with Crippen LogP contribution in [-0.4, -0.2) is 59.5 Å². The van der Waals surface area contributed by atoms with Crippen LogP contribution < -0.4 is 5.32 Å². The van der Waals surface area contributed by atoms with Crippen molar-refractivity contribution in [2.24, 2.45) is 13.0 Å². The zero-order chi connectivity index (χ0) is 16.3.